The van der Waals surface area contributed by atoms with Gasteiger partial charge in [0.15, 0.2) is 11.6 Å². The molecule has 2 heterocycles. The number of carbonyl (C=O) groups excluding carboxylic acids is 2. The van der Waals surface area contributed by atoms with E-state index in [2.05, 4.69) is 0 Å². The molecule has 1 amide bonds. The maximum Gasteiger partial charge on any atom is 0.295 e. The van der Waals surface area contributed by atoms with Crippen LogP contribution in [0.1, 0.15) is 22.9 Å². The van der Waals surface area contributed by atoms with E-state index in [1.54, 1.807) is 0 Å². The molecule has 1 N–H and O–H groups in total. The Morgan fingerprint density at radius 2 is 2.07 bits per heavy atom. The van der Waals surface area contributed by atoms with Gasteiger partial charge in [0.2, 0.25) is 0 Å². The molecule has 0 radical (unpaired) electrons. The van der Waals surface area contributed by atoms with Crippen molar-refractivity contribution in [2.75, 3.05) is 34.3 Å². The number of benzene rings is 1. The molecule has 1 unspecified atom stereocenters. The van der Waals surface area contributed by atoms with Gasteiger partial charge in [-0.25, -0.2) is 4.39 Å². The molecule has 1 aliphatic heterocycles. The summed E-state index contributed by atoms with van der Waals surface area (Å²) >= 11 is 1.40. The summed E-state index contributed by atoms with van der Waals surface area (Å²) in [5.41, 5.74) is 0.100. The van der Waals surface area contributed by atoms with Gasteiger partial charge in [0, 0.05) is 17.0 Å². The number of nitrogens with zero attached hydrogens (tertiary/aromatic N) is 2. The summed E-state index contributed by atoms with van der Waals surface area (Å²) in [6, 6.07) is 6.89. The van der Waals surface area contributed by atoms with Crippen LogP contribution in [0.3, 0.4) is 0 Å². The summed E-state index contributed by atoms with van der Waals surface area (Å²) in [7, 11) is 5.21. The van der Waals surface area contributed by atoms with Crippen molar-refractivity contribution < 1.29 is 23.8 Å². The molecule has 1 aromatic heterocycles. The van der Waals surface area contributed by atoms with Gasteiger partial charge in [-0.1, -0.05) is 6.07 Å². The molecular weight excluding hydrogens is 395 g/mol. The standard InChI is InChI=1S/C21H23FN2O4S/c1-23(2)9-5-10-24-18(16-6-4-11-29-16)17(20(26)21(24)27)19(25)13-7-8-15(28-3)14(22)12-13/h4,6-8,11-12,18,25H,5,9-10H2,1-3H3. The lowest BCUT2D eigenvalue weighted by atomic mass is 9.99. The van der Waals surface area contributed by atoms with E-state index in [0.29, 0.717) is 13.0 Å². The number of rotatable bonds is 7. The van der Waals surface area contributed by atoms with Crippen LogP contribution in [0.25, 0.3) is 5.76 Å². The fourth-order valence-corrected chi connectivity index (χ4v) is 4.23. The number of aliphatic hydroxyl groups excluding tert-OH is 1. The Labute approximate surface area is 172 Å². The number of thiophene rings is 1. The topological polar surface area (TPSA) is 70.1 Å². The van der Waals surface area contributed by atoms with Crippen LogP contribution in [0.5, 0.6) is 5.75 Å². The Balaban J connectivity index is 2.05. The van der Waals surface area contributed by atoms with Crippen molar-refractivity contribution in [1.82, 2.24) is 9.80 Å². The van der Waals surface area contributed by atoms with E-state index >= 15 is 0 Å². The van der Waals surface area contributed by atoms with Gasteiger partial charge in [-0.15, -0.1) is 11.3 Å². The van der Waals surface area contributed by atoms with Gasteiger partial charge in [-0.05, 0) is 56.7 Å². The first kappa shape index (κ1) is 21.0. The van der Waals surface area contributed by atoms with E-state index in [9.17, 15) is 19.1 Å². The molecule has 29 heavy (non-hydrogen) atoms. The van der Waals surface area contributed by atoms with E-state index in [1.807, 2.05) is 36.5 Å². The van der Waals surface area contributed by atoms with Gasteiger partial charge in [-0.3, -0.25) is 9.59 Å². The van der Waals surface area contributed by atoms with Crippen molar-refractivity contribution >= 4 is 28.8 Å². The minimum Gasteiger partial charge on any atom is -0.507 e. The second kappa shape index (κ2) is 8.75. The minimum atomic E-state index is -0.762. The summed E-state index contributed by atoms with van der Waals surface area (Å²) in [6.07, 6.45) is 0.680. The first-order chi connectivity index (χ1) is 13.8. The molecule has 1 fully saturated rings. The quantitative estimate of drug-likeness (QED) is 0.425. The SMILES string of the molecule is COc1ccc(C(O)=C2C(=O)C(=O)N(CCCN(C)C)C2c2cccs2)cc1F. The van der Waals surface area contributed by atoms with Crippen LogP contribution in [0.4, 0.5) is 4.39 Å². The minimum absolute atomic E-state index is 0.0214. The maximum absolute atomic E-state index is 14.1. The number of aliphatic hydroxyl groups is 1. The van der Waals surface area contributed by atoms with Gasteiger partial charge in [0.25, 0.3) is 11.7 Å². The van der Waals surface area contributed by atoms with E-state index in [-0.39, 0.29) is 16.9 Å². The maximum atomic E-state index is 14.1. The molecule has 1 aromatic carbocycles. The van der Waals surface area contributed by atoms with Crippen LogP contribution < -0.4 is 4.74 Å². The van der Waals surface area contributed by atoms with Gasteiger partial charge in [0.1, 0.15) is 5.76 Å². The fraction of sp³-hybridized carbons (Fsp3) is 0.333. The number of likely N-dealkylation sites (tertiary alicyclic amines) is 1. The molecule has 154 valence electrons. The predicted octanol–water partition coefficient (Wildman–Crippen LogP) is 3.27. The number of amides is 1. The Kier molecular flexibility index (Phi) is 6.34. The highest BCUT2D eigenvalue weighted by Gasteiger charge is 2.46. The van der Waals surface area contributed by atoms with Crippen LogP contribution >= 0.6 is 11.3 Å². The van der Waals surface area contributed by atoms with E-state index in [0.717, 1.165) is 17.5 Å². The lowest BCUT2D eigenvalue weighted by Gasteiger charge is -2.24. The first-order valence-electron chi connectivity index (χ1n) is 9.15. The fourth-order valence-electron chi connectivity index (χ4n) is 3.38. The third kappa shape index (κ3) is 4.18. The highest BCUT2D eigenvalue weighted by Crippen LogP contribution is 2.41. The monoisotopic (exact) mass is 418 g/mol. The zero-order valence-corrected chi connectivity index (χ0v) is 17.3. The largest absolute Gasteiger partial charge is 0.507 e. The van der Waals surface area contributed by atoms with Crippen molar-refractivity contribution in [2.24, 2.45) is 0 Å². The van der Waals surface area contributed by atoms with Crippen molar-refractivity contribution in [3.05, 3.63) is 57.5 Å². The normalized spacial score (nSPS) is 18.7. The van der Waals surface area contributed by atoms with Crippen LogP contribution in [-0.4, -0.2) is 60.9 Å². The van der Waals surface area contributed by atoms with Gasteiger partial charge < -0.3 is 19.6 Å². The average molecular weight is 418 g/mol. The molecule has 0 spiro atoms. The number of carbonyl (C=O) groups is 2. The Bertz CT molecular complexity index is 940. The van der Waals surface area contributed by atoms with Crippen molar-refractivity contribution in [1.29, 1.82) is 0 Å². The predicted molar refractivity (Wildman–Crippen MR) is 109 cm³/mol. The van der Waals surface area contributed by atoms with E-state index in [1.165, 1.54) is 35.5 Å². The smallest absolute Gasteiger partial charge is 0.295 e. The average Bonchev–Trinajstić information content (AvgIpc) is 3.29. The van der Waals surface area contributed by atoms with E-state index < -0.39 is 29.3 Å². The van der Waals surface area contributed by atoms with Gasteiger partial charge >= 0.3 is 0 Å². The summed E-state index contributed by atoms with van der Waals surface area (Å²) in [6.45, 7) is 1.13. The lowest BCUT2D eigenvalue weighted by molar-refractivity contribution is -0.139. The second-order valence-electron chi connectivity index (χ2n) is 7.01. The highest BCUT2D eigenvalue weighted by molar-refractivity contribution is 7.10. The molecule has 1 atom stereocenters. The molecule has 0 saturated carbocycles. The van der Waals surface area contributed by atoms with Crippen LogP contribution in [0.15, 0.2) is 41.3 Å². The highest BCUT2D eigenvalue weighted by atomic mass is 32.1. The first-order valence-corrected chi connectivity index (χ1v) is 10.0. The second-order valence-corrected chi connectivity index (χ2v) is 7.99. The molecule has 1 saturated heterocycles. The molecule has 3 rings (SSSR count). The lowest BCUT2D eigenvalue weighted by Crippen LogP contribution is -2.32. The third-order valence-corrected chi connectivity index (χ3v) is 5.71. The summed E-state index contributed by atoms with van der Waals surface area (Å²) in [5, 5.41) is 12.7. The van der Waals surface area contributed by atoms with Crippen LogP contribution in [0, 0.1) is 5.82 Å². The number of ether oxygens (including phenoxy) is 1. The number of halogens is 1. The zero-order chi connectivity index (χ0) is 21.1. The zero-order valence-electron chi connectivity index (χ0n) is 16.5. The van der Waals surface area contributed by atoms with E-state index in [4.69, 9.17) is 4.74 Å². The number of hydrogen-bond donors (Lipinski definition) is 1. The molecule has 2 aromatic rings. The van der Waals surface area contributed by atoms with Crippen molar-refractivity contribution in [3.8, 4) is 5.75 Å². The molecule has 6 nitrogen and oxygen atoms in total. The molecular formula is C21H23FN2O4S. The van der Waals surface area contributed by atoms with Gasteiger partial charge in [0.05, 0.1) is 18.7 Å². The molecule has 0 aliphatic carbocycles. The Morgan fingerprint density at radius 3 is 2.66 bits per heavy atom. The Morgan fingerprint density at radius 1 is 1.31 bits per heavy atom. The van der Waals surface area contributed by atoms with Gasteiger partial charge in [-0.2, -0.15) is 0 Å². The summed E-state index contributed by atoms with van der Waals surface area (Å²) < 4.78 is 19.0. The molecule has 1 aliphatic rings. The van der Waals surface area contributed by atoms with Crippen LogP contribution in [0.2, 0.25) is 0 Å². The van der Waals surface area contributed by atoms with Crippen LogP contribution in [-0.2, 0) is 9.59 Å². The number of Topliss-reactive ketones (excluding diaryl/α,β-unsaturated/α-hetero) is 1. The number of ketones is 1. The summed E-state index contributed by atoms with van der Waals surface area (Å²) in [5.74, 6) is -2.44. The summed E-state index contributed by atoms with van der Waals surface area (Å²) in [4.78, 5) is 29.8. The molecule has 8 heteroatoms. The Hall–Kier alpha value is -2.71. The number of hydrogen-bond acceptors (Lipinski definition) is 6. The third-order valence-electron chi connectivity index (χ3n) is 4.78. The van der Waals surface area contributed by atoms with Crippen molar-refractivity contribution in [2.45, 2.75) is 12.5 Å². The van der Waals surface area contributed by atoms with Crippen molar-refractivity contribution in [3.63, 3.8) is 0 Å². The number of methoxy groups -OCH3 is 1. The molecule has 0 bridgehead atoms.